The Morgan fingerprint density at radius 2 is 1.21 bits per heavy atom. The Labute approximate surface area is 175 Å². The van der Waals surface area contributed by atoms with Gasteiger partial charge in [-0.05, 0) is 83.8 Å². The molecule has 0 aromatic heterocycles. The van der Waals surface area contributed by atoms with Crippen LogP contribution in [0.5, 0.6) is 11.5 Å². The van der Waals surface area contributed by atoms with Gasteiger partial charge < -0.3 is 9.47 Å². The van der Waals surface area contributed by atoms with E-state index < -0.39 is 0 Å². The third-order valence-corrected chi connectivity index (χ3v) is 5.76. The number of aryl methyl sites for hydroxylation is 4. The van der Waals surface area contributed by atoms with Gasteiger partial charge in [-0.3, -0.25) is 0 Å². The first-order valence-electron chi connectivity index (χ1n) is 10.3. The highest BCUT2D eigenvalue weighted by Crippen LogP contribution is 2.39. The quantitative estimate of drug-likeness (QED) is 0.435. The lowest BCUT2D eigenvalue weighted by atomic mass is 9.78. The van der Waals surface area contributed by atoms with E-state index in [0.29, 0.717) is 0 Å². The van der Waals surface area contributed by atoms with E-state index in [1.165, 1.54) is 27.8 Å². The van der Waals surface area contributed by atoms with Gasteiger partial charge in [0.25, 0.3) is 0 Å². The van der Waals surface area contributed by atoms with Crippen molar-refractivity contribution in [3.8, 4) is 11.5 Å². The summed E-state index contributed by atoms with van der Waals surface area (Å²) in [4.78, 5) is 0. The molecule has 0 saturated heterocycles. The molecule has 29 heavy (non-hydrogen) atoms. The average molecular weight is 388 g/mol. The van der Waals surface area contributed by atoms with E-state index in [4.69, 9.17) is 9.47 Å². The summed E-state index contributed by atoms with van der Waals surface area (Å²) in [5, 5.41) is 0. The molecule has 0 heterocycles. The SMILES string of the molecule is CCc1c[c]cc(CC)c1C(c1ccc(OC)c(C)c1)c1ccc(OC)c(C)c1. The zero-order valence-corrected chi connectivity index (χ0v) is 18.4. The van der Waals surface area contributed by atoms with Gasteiger partial charge in [-0.15, -0.1) is 0 Å². The molecular weight excluding hydrogens is 356 g/mol. The number of hydrogen-bond acceptors (Lipinski definition) is 2. The number of benzene rings is 3. The maximum Gasteiger partial charge on any atom is 0.121 e. The topological polar surface area (TPSA) is 18.5 Å². The first kappa shape index (κ1) is 21.0. The standard InChI is InChI=1S/C27H31O2/c1-7-20-10-9-11-21(8-2)26(20)27(22-12-14-24(28-5)18(3)16-22)23-13-15-25(29-6)19(4)17-23/h10-17,27H,7-8H2,1-6H3. The summed E-state index contributed by atoms with van der Waals surface area (Å²) in [6.45, 7) is 8.67. The van der Waals surface area contributed by atoms with Gasteiger partial charge >= 0.3 is 0 Å². The molecule has 0 aliphatic rings. The predicted octanol–water partition coefficient (Wildman–Crippen LogP) is 6.43. The van der Waals surface area contributed by atoms with E-state index in [1.54, 1.807) is 14.2 Å². The van der Waals surface area contributed by atoms with E-state index in [2.05, 4.69) is 82.3 Å². The molecule has 0 unspecified atom stereocenters. The van der Waals surface area contributed by atoms with Crippen LogP contribution in [0.1, 0.15) is 58.7 Å². The Kier molecular flexibility index (Phi) is 6.64. The summed E-state index contributed by atoms with van der Waals surface area (Å²) < 4.78 is 11.0. The molecular formula is C27H31O2. The summed E-state index contributed by atoms with van der Waals surface area (Å²) in [7, 11) is 3.45. The van der Waals surface area contributed by atoms with Gasteiger partial charge in [0, 0.05) is 5.92 Å². The molecule has 0 N–H and O–H groups in total. The molecule has 3 aromatic carbocycles. The van der Waals surface area contributed by atoms with Crippen LogP contribution in [-0.4, -0.2) is 14.2 Å². The van der Waals surface area contributed by atoms with Gasteiger partial charge in [-0.2, -0.15) is 0 Å². The van der Waals surface area contributed by atoms with Gasteiger partial charge in [0.05, 0.1) is 14.2 Å². The zero-order chi connectivity index (χ0) is 21.0. The summed E-state index contributed by atoms with van der Waals surface area (Å²) in [6.07, 6.45) is 1.97. The number of methoxy groups -OCH3 is 2. The number of hydrogen-bond donors (Lipinski definition) is 0. The minimum Gasteiger partial charge on any atom is -0.496 e. The minimum atomic E-state index is 0.156. The number of ether oxygens (including phenoxy) is 2. The van der Waals surface area contributed by atoms with E-state index >= 15 is 0 Å². The van der Waals surface area contributed by atoms with Crippen LogP contribution in [-0.2, 0) is 12.8 Å². The molecule has 2 heteroatoms. The van der Waals surface area contributed by atoms with E-state index in [-0.39, 0.29) is 5.92 Å². The Bertz CT molecular complexity index is 912. The molecule has 0 saturated carbocycles. The third kappa shape index (κ3) is 4.17. The highest BCUT2D eigenvalue weighted by molar-refractivity contribution is 5.53. The van der Waals surface area contributed by atoms with Gasteiger partial charge in [-0.25, -0.2) is 0 Å². The van der Waals surface area contributed by atoms with Crippen LogP contribution in [0.3, 0.4) is 0 Å². The molecule has 0 aliphatic heterocycles. The van der Waals surface area contributed by atoms with Crippen molar-refractivity contribution in [1.29, 1.82) is 0 Å². The molecule has 3 aromatic rings. The van der Waals surface area contributed by atoms with Crippen LogP contribution in [0.15, 0.2) is 48.5 Å². The van der Waals surface area contributed by atoms with Crippen LogP contribution in [0.25, 0.3) is 0 Å². The molecule has 0 amide bonds. The first-order valence-corrected chi connectivity index (χ1v) is 10.3. The van der Waals surface area contributed by atoms with E-state index in [9.17, 15) is 0 Å². The highest BCUT2D eigenvalue weighted by Gasteiger charge is 2.23. The fraction of sp³-hybridized carbons (Fsp3) is 0.333. The van der Waals surface area contributed by atoms with E-state index in [1.807, 2.05) is 0 Å². The summed E-state index contributed by atoms with van der Waals surface area (Å²) in [5.41, 5.74) is 8.99. The van der Waals surface area contributed by atoms with Crippen molar-refractivity contribution in [2.45, 2.75) is 46.5 Å². The number of rotatable bonds is 7. The molecule has 0 aliphatic carbocycles. The molecule has 151 valence electrons. The molecule has 1 radical (unpaired) electrons. The predicted molar refractivity (Wildman–Crippen MR) is 120 cm³/mol. The van der Waals surface area contributed by atoms with Crippen molar-refractivity contribution in [3.63, 3.8) is 0 Å². The largest absolute Gasteiger partial charge is 0.496 e. The molecule has 0 atom stereocenters. The summed E-state index contributed by atoms with van der Waals surface area (Å²) >= 11 is 0. The van der Waals surface area contributed by atoms with Gasteiger partial charge in [0.15, 0.2) is 0 Å². The Morgan fingerprint density at radius 1 is 0.759 bits per heavy atom. The lowest BCUT2D eigenvalue weighted by Gasteiger charge is -2.26. The van der Waals surface area contributed by atoms with Crippen molar-refractivity contribution < 1.29 is 9.47 Å². The van der Waals surface area contributed by atoms with Gasteiger partial charge in [-0.1, -0.05) is 50.2 Å². The highest BCUT2D eigenvalue weighted by atomic mass is 16.5. The average Bonchev–Trinajstić information content (AvgIpc) is 2.74. The van der Waals surface area contributed by atoms with Crippen molar-refractivity contribution in [1.82, 2.24) is 0 Å². The zero-order valence-electron chi connectivity index (χ0n) is 18.4. The normalized spacial score (nSPS) is 11.0. The van der Waals surface area contributed by atoms with Crippen LogP contribution < -0.4 is 9.47 Å². The fourth-order valence-corrected chi connectivity index (χ4v) is 4.25. The lowest BCUT2D eigenvalue weighted by Crippen LogP contribution is -2.11. The molecule has 2 nitrogen and oxygen atoms in total. The maximum atomic E-state index is 5.51. The summed E-state index contributed by atoms with van der Waals surface area (Å²) in [5.74, 6) is 2.00. The van der Waals surface area contributed by atoms with Gasteiger partial charge in [0.1, 0.15) is 11.5 Å². The first-order chi connectivity index (χ1) is 14.0. The van der Waals surface area contributed by atoms with Crippen molar-refractivity contribution >= 4 is 0 Å². The summed E-state index contributed by atoms with van der Waals surface area (Å²) in [6, 6.07) is 20.7. The molecule has 0 fully saturated rings. The Balaban J connectivity index is 2.29. The Hall–Kier alpha value is -2.74. The van der Waals surface area contributed by atoms with Crippen molar-refractivity contribution in [3.05, 3.63) is 93.5 Å². The van der Waals surface area contributed by atoms with Crippen LogP contribution >= 0.6 is 0 Å². The minimum absolute atomic E-state index is 0.156. The van der Waals surface area contributed by atoms with Crippen molar-refractivity contribution in [2.75, 3.05) is 14.2 Å². The Morgan fingerprint density at radius 3 is 1.55 bits per heavy atom. The van der Waals surface area contributed by atoms with Gasteiger partial charge in [0.2, 0.25) is 0 Å². The fourth-order valence-electron chi connectivity index (χ4n) is 4.25. The molecule has 0 bridgehead atoms. The van der Waals surface area contributed by atoms with E-state index in [0.717, 1.165) is 35.5 Å². The smallest absolute Gasteiger partial charge is 0.121 e. The van der Waals surface area contributed by atoms with Crippen molar-refractivity contribution in [2.24, 2.45) is 0 Å². The van der Waals surface area contributed by atoms with Crippen LogP contribution in [0, 0.1) is 19.9 Å². The van der Waals surface area contributed by atoms with Crippen LogP contribution in [0.4, 0.5) is 0 Å². The lowest BCUT2D eigenvalue weighted by molar-refractivity contribution is 0.411. The monoisotopic (exact) mass is 387 g/mol. The van der Waals surface area contributed by atoms with Crippen LogP contribution in [0.2, 0.25) is 0 Å². The molecule has 0 spiro atoms. The second kappa shape index (κ2) is 9.17. The second-order valence-corrected chi connectivity index (χ2v) is 7.52. The molecule has 3 rings (SSSR count). The third-order valence-electron chi connectivity index (χ3n) is 5.76. The maximum absolute atomic E-state index is 5.51. The second-order valence-electron chi connectivity index (χ2n) is 7.52.